The maximum absolute atomic E-state index is 13.9. The number of halogens is 3. The molecule has 2 amide bonds. The lowest BCUT2D eigenvalue weighted by Crippen LogP contribution is -2.34. The van der Waals surface area contributed by atoms with Gasteiger partial charge in [0.1, 0.15) is 11.6 Å². The molecule has 1 heterocycles. The summed E-state index contributed by atoms with van der Waals surface area (Å²) in [6, 6.07) is 2.24. The van der Waals surface area contributed by atoms with Gasteiger partial charge in [-0.05, 0) is 19.0 Å². The van der Waals surface area contributed by atoms with E-state index in [9.17, 15) is 18.4 Å². The third-order valence-electron chi connectivity index (χ3n) is 3.78. The van der Waals surface area contributed by atoms with Gasteiger partial charge in [-0.25, -0.2) is 8.78 Å². The number of amides is 2. The number of benzene rings is 1. The fraction of sp³-hybridized carbons (Fsp3) is 0.412. The Kier molecular flexibility index (Phi) is 8.51. The minimum absolute atomic E-state index is 0. The summed E-state index contributed by atoms with van der Waals surface area (Å²) in [7, 11) is 0. The van der Waals surface area contributed by atoms with Crippen LogP contribution in [0.1, 0.15) is 31.4 Å². The zero-order valence-corrected chi connectivity index (χ0v) is 14.7. The molecule has 8 heteroatoms. The SMILES string of the molecule is CC(=O)NC(CC(=O)NCC1=CCNCC1)c1ccc(F)cc1F.Cl. The Bertz CT molecular complexity index is 653. The van der Waals surface area contributed by atoms with Crippen molar-refractivity contribution in [2.75, 3.05) is 19.6 Å². The summed E-state index contributed by atoms with van der Waals surface area (Å²) in [5.41, 5.74) is 1.22. The molecule has 1 aliphatic rings. The van der Waals surface area contributed by atoms with E-state index in [1.165, 1.54) is 13.0 Å². The van der Waals surface area contributed by atoms with Gasteiger partial charge in [-0.3, -0.25) is 9.59 Å². The van der Waals surface area contributed by atoms with Crippen LogP contribution in [0.3, 0.4) is 0 Å². The van der Waals surface area contributed by atoms with E-state index < -0.39 is 23.6 Å². The highest BCUT2D eigenvalue weighted by Crippen LogP contribution is 2.21. The number of carbonyl (C=O) groups is 2. The first-order chi connectivity index (χ1) is 11.5. The van der Waals surface area contributed by atoms with E-state index in [1.54, 1.807) is 0 Å². The topological polar surface area (TPSA) is 70.2 Å². The molecule has 1 aliphatic heterocycles. The van der Waals surface area contributed by atoms with Crippen LogP contribution in [0.2, 0.25) is 0 Å². The smallest absolute Gasteiger partial charge is 0.222 e. The molecule has 0 aromatic heterocycles. The molecule has 2 rings (SSSR count). The fourth-order valence-electron chi connectivity index (χ4n) is 2.57. The number of carbonyl (C=O) groups excluding carboxylic acids is 2. The standard InChI is InChI=1S/C17H21F2N3O2.ClH/c1-11(23)22-16(14-3-2-13(18)8-15(14)19)9-17(24)21-10-12-4-6-20-7-5-12;/h2-4,8,16,20H,5-7,9-10H2,1H3,(H,21,24)(H,22,23);1H. The van der Waals surface area contributed by atoms with Crippen molar-refractivity contribution in [3.8, 4) is 0 Å². The zero-order valence-electron chi connectivity index (χ0n) is 13.9. The van der Waals surface area contributed by atoms with Crippen molar-refractivity contribution in [2.45, 2.75) is 25.8 Å². The van der Waals surface area contributed by atoms with Gasteiger partial charge in [0.2, 0.25) is 11.8 Å². The Morgan fingerprint density at radius 1 is 1.32 bits per heavy atom. The van der Waals surface area contributed by atoms with Gasteiger partial charge in [-0.2, -0.15) is 0 Å². The van der Waals surface area contributed by atoms with E-state index >= 15 is 0 Å². The summed E-state index contributed by atoms with van der Waals surface area (Å²) in [4.78, 5) is 23.5. The lowest BCUT2D eigenvalue weighted by Gasteiger charge is -2.20. The first kappa shape index (κ1) is 21.1. The predicted molar refractivity (Wildman–Crippen MR) is 93.4 cm³/mol. The minimum atomic E-state index is -0.842. The van der Waals surface area contributed by atoms with E-state index in [-0.39, 0.29) is 30.3 Å². The Hall–Kier alpha value is -1.99. The first-order valence-electron chi connectivity index (χ1n) is 7.83. The highest BCUT2D eigenvalue weighted by atomic mass is 35.5. The summed E-state index contributed by atoms with van der Waals surface area (Å²) < 4.78 is 27.0. The van der Waals surface area contributed by atoms with E-state index in [1.807, 2.05) is 6.08 Å². The van der Waals surface area contributed by atoms with Crippen LogP contribution in [0.4, 0.5) is 8.78 Å². The van der Waals surface area contributed by atoms with Crippen molar-refractivity contribution in [1.29, 1.82) is 0 Å². The fourth-order valence-corrected chi connectivity index (χ4v) is 2.57. The molecular formula is C17H22ClF2N3O2. The van der Waals surface area contributed by atoms with Gasteiger partial charge in [0.15, 0.2) is 0 Å². The molecule has 0 bridgehead atoms. The summed E-state index contributed by atoms with van der Waals surface area (Å²) in [5.74, 6) is -2.20. The van der Waals surface area contributed by atoms with E-state index in [0.717, 1.165) is 37.2 Å². The molecule has 0 saturated heterocycles. The van der Waals surface area contributed by atoms with E-state index in [0.29, 0.717) is 6.54 Å². The van der Waals surface area contributed by atoms with Crippen LogP contribution in [0.25, 0.3) is 0 Å². The van der Waals surface area contributed by atoms with Crippen LogP contribution >= 0.6 is 12.4 Å². The summed E-state index contributed by atoms with van der Waals surface area (Å²) in [6.45, 7) is 3.36. The average Bonchev–Trinajstić information content (AvgIpc) is 2.53. The highest BCUT2D eigenvalue weighted by Gasteiger charge is 2.21. The van der Waals surface area contributed by atoms with Gasteiger partial charge < -0.3 is 16.0 Å². The van der Waals surface area contributed by atoms with Gasteiger partial charge in [0.05, 0.1) is 12.5 Å². The van der Waals surface area contributed by atoms with Crippen molar-refractivity contribution in [3.63, 3.8) is 0 Å². The van der Waals surface area contributed by atoms with Gasteiger partial charge >= 0.3 is 0 Å². The van der Waals surface area contributed by atoms with Gasteiger partial charge in [-0.15, -0.1) is 12.4 Å². The number of hydrogen-bond acceptors (Lipinski definition) is 3. The van der Waals surface area contributed by atoms with Gasteiger partial charge in [0.25, 0.3) is 0 Å². The number of nitrogens with one attached hydrogen (secondary N) is 3. The molecule has 25 heavy (non-hydrogen) atoms. The Balaban J connectivity index is 0.00000312. The van der Waals surface area contributed by atoms with Crippen LogP contribution in [0.5, 0.6) is 0 Å². The second-order valence-electron chi connectivity index (χ2n) is 5.72. The van der Waals surface area contributed by atoms with Crippen LogP contribution < -0.4 is 16.0 Å². The van der Waals surface area contributed by atoms with Crippen molar-refractivity contribution in [2.24, 2.45) is 0 Å². The molecule has 0 aliphatic carbocycles. The molecule has 0 spiro atoms. The first-order valence-corrected chi connectivity index (χ1v) is 7.83. The number of rotatable bonds is 6. The molecule has 0 saturated carbocycles. The molecule has 0 radical (unpaired) electrons. The largest absolute Gasteiger partial charge is 0.352 e. The van der Waals surface area contributed by atoms with E-state index in [4.69, 9.17) is 0 Å². The molecule has 1 atom stereocenters. The lowest BCUT2D eigenvalue weighted by molar-refractivity contribution is -0.122. The van der Waals surface area contributed by atoms with Crippen LogP contribution in [0.15, 0.2) is 29.8 Å². The third kappa shape index (κ3) is 6.80. The Morgan fingerprint density at radius 2 is 2.08 bits per heavy atom. The summed E-state index contributed by atoms with van der Waals surface area (Å²) in [5, 5.41) is 8.49. The molecule has 138 valence electrons. The Labute approximate surface area is 151 Å². The van der Waals surface area contributed by atoms with Crippen molar-refractivity contribution in [1.82, 2.24) is 16.0 Å². The van der Waals surface area contributed by atoms with Gasteiger partial charge in [-0.1, -0.05) is 17.7 Å². The molecule has 1 aromatic rings. The van der Waals surface area contributed by atoms with Crippen molar-refractivity contribution in [3.05, 3.63) is 47.0 Å². The average molecular weight is 374 g/mol. The van der Waals surface area contributed by atoms with E-state index in [2.05, 4.69) is 16.0 Å². The molecule has 0 fully saturated rings. The minimum Gasteiger partial charge on any atom is -0.352 e. The molecule has 1 aromatic carbocycles. The van der Waals surface area contributed by atoms with Crippen LogP contribution in [-0.4, -0.2) is 31.4 Å². The molecular weight excluding hydrogens is 352 g/mol. The number of hydrogen-bond donors (Lipinski definition) is 3. The molecule has 5 nitrogen and oxygen atoms in total. The van der Waals surface area contributed by atoms with Crippen LogP contribution in [-0.2, 0) is 9.59 Å². The zero-order chi connectivity index (χ0) is 17.5. The quantitative estimate of drug-likeness (QED) is 0.668. The highest BCUT2D eigenvalue weighted by molar-refractivity contribution is 5.85. The maximum atomic E-state index is 13.9. The van der Waals surface area contributed by atoms with Crippen LogP contribution in [0, 0.1) is 11.6 Å². The summed E-state index contributed by atoms with van der Waals surface area (Å²) >= 11 is 0. The molecule has 3 N–H and O–H groups in total. The van der Waals surface area contributed by atoms with Crippen molar-refractivity contribution < 1.29 is 18.4 Å². The predicted octanol–water partition coefficient (Wildman–Crippen LogP) is 1.99. The maximum Gasteiger partial charge on any atom is 0.222 e. The second-order valence-corrected chi connectivity index (χ2v) is 5.72. The Morgan fingerprint density at radius 3 is 2.68 bits per heavy atom. The second kappa shape index (κ2) is 10.1. The lowest BCUT2D eigenvalue weighted by atomic mass is 10.0. The normalized spacial score (nSPS) is 14.8. The monoisotopic (exact) mass is 373 g/mol. The van der Waals surface area contributed by atoms with Crippen molar-refractivity contribution >= 4 is 24.2 Å². The van der Waals surface area contributed by atoms with Gasteiger partial charge in [0, 0.05) is 31.6 Å². The molecule has 1 unspecified atom stereocenters. The summed E-state index contributed by atoms with van der Waals surface area (Å²) in [6.07, 6.45) is 2.77. The third-order valence-corrected chi connectivity index (χ3v) is 3.78.